The fourth-order valence-corrected chi connectivity index (χ4v) is 4.29. The first kappa shape index (κ1) is 15.0. The van der Waals surface area contributed by atoms with Gasteiger partial charge in [0.05, 0.1) is 0 Å². The number of rotatable bonds is 8. The van der Waals surface area contributed by atoms with Crippen LogP contribution < -0.4 is 10.0 Å². The van der Waals surface area contributed by atoms with Gasteiger partial charge >= 0.3 is 0 Å². The van der Waals surface area contributed by atoms with Crippen LogP contribution in [0.2, 0.25) is 0 Å². The molecule has 1 aromatic rings. The van der Waals surface area contributed by atoms with Crippen molar-refractivity contribution in [3.8, 4) is 0 Å². The lowest BCUT2D eigenvalue weighted by Crippen LogP contribution is -2.26. The highest BCUT2D eigenvalue weighted by Crippen LogP contribution is 2.23. The zero-order chi connectivity index (χ0) is 13.9. The highest BCUT2D eigenvalue weighted by atomic mass is 32.2. The summed E-state index contributed by atoms with van der Waals surface area (Å²) in [6, 6.07) is 4.33. The third kappa shape index (κ3) is 4.87. The van der Waals surface area contributed by atoms with Crippen LogP contribution in [0.1, 0.15) is 31.6 Å². The second-order valence-corrected chi connectivity index (χ2v) is 8.61. The van der Waals surface area contributed by atoms with Crippen LogP contribution in [-0.4, -0.2) is 27.5 Å². The van der Waals surface area contributed by atoms with Crippen molar-refractivity contribution in [2.24, 2.45) is 5.92 Å². The van der Waals surface area contributed by atoms with E-state index in [0.29, 0.717) is 22.7 Å². The summed E-state index contributed by atoms with van der Waals surface area (Å²) in [5, 5.41) is 3.43. The molecule has 108 valence electrons. The molecule has 19 heavy (non-hydrogen) atoms. The van der Waals surface area contributed by atoms with E-state index in [2.05, 4.69) is 10.0 Å². The summed E-state index contributed by atoms with van der Waals surface area (Å²) in [7, 11) is -3.32. The first-order valence-corrected chi connectivity index (χ1v) is 9.09. The van der Waals surface area contributed by atoms with Gasteiger partial charge in [-0.3, -0.25) is 0 Å². The van der Waals surface area contributed by atoms with E-state index in [9.17, 15) is 8.42 Å². The number of sulfonamides is 1. The number of hydrogen-bond donors (Lipinski definition) is 2. The highest BCUT2D eigenvalue weighted by Gasteiger charge is 2.20. The van der Waals surface area contributed by atoms with Gasteiger partial charge in [-0.05, 0) is 37.3 Å². The standard InChI is InChI=1S/C13H22N2O2S2/c1-10(2)9-15-19(16,17)13-6-5-12(18-13)7-8-14-11-3-4-11/h5-6,10-11,14-15H,3-4,7-9H2,1-2H3. The van der Waals surface area contributed by atoms with Crippen molar-refractivity contribution in [3.63, 3.8) is 0 Å². The van der Waals surface area contributed by atoms with E-state index in [0.717, 1.165) is 17.8 Å². The second kappa shape index (κ2) is 6.35. The van der Waals surface area contributed by atoms with Crippen molar-refractivity contribution in [1.82, 2.24) is 10.0 Å². The van der Waals surface area contributed by atoms with Gasteiger partial charge in [-0.2, -0.15) is 0 Å². The maximum absolute atomic E-state index is 12.0. The van der Waals surface area contributed by atoms with Crippen molar-refractivity contribution in [2.45, 2.75) is 43.4 Å². The Balaban J connectivity index is 1.87. The third-order valence-electron chi connectivity index (χ3n) is 2.97. The molecule has 0 bridgehead atoms. The lowest BCUT2D eigenvalue weighted by molar-refractivity contribution is 0.562. The Hall–Kier alpha value is -0.430. The molecule has 0 saturated heterocycles. The zero-order valence-electron chi connectivity index (χ0n) is 11.5. The molecule has 0 atom stereocenters. The van der Waals surface area contributed by atoms with Crippen molar-refractivity contribution in [2.75, 3.05) is 13.1 Å². The molecule has 1 aromatic heterocycles. The summed E-state index contributed by atoms with van der Waals surface area (Å²) in [4.78, 5) is 1.12. The summed E-state index contributed by atoms with van der Waals surface area (Å²) in [6.45, 7) is 5.40. The van der Waals surface area contributed by atoms with Gasteiger partial charge in [-0.15, -0.1) is 11.3 Å². The summed E-state index contributed by atoms with van der Waals surface area (Å²) < 4.78 is 27.1. The first-order chi connectivity index (χ1) is 8.97. The Kier molecular flexibility index (Phi) is 5.00. The van der Waals surface area contributed by atoms with Gasteiger partial charge in [0, 0.05) is 24.0 Å². The zero-order valence-corrected chi connectivity index (χ0v) is 13.1. The topological polar surface area (TPSA) is 58.2 Å². The summed E-state index contributed by atoms with van der Waals surface area (Å²) in [5.41, 5.74) is 0. The fraction of sp³-hybridized carbons (Fsp3) is 0.692. The minimum atomic E-state index is -3.32. The SMILES string of the molecule is CC(C)CNS(=O)(=O)c1ccc(CCNC2CC2)s1. The molecule has 1 aliphatic rings. The lowest BCUT2D eigenvalue weighted by atomic mass is 10.2. The molecule has 0 spiro atoms. The van der Waals surface area contributed by atoms with Gasteiger partial charge in [0.2, 0.25) is 10.0 Å². The number of thiophene rings is 1. The average molecular weight is 302 g/mol. The van der Waals surface area contributed by atoms with Crippen molar-refractivity contribution in [1.29, 1.82) is 0 Å². The Bertz CT molecular complexity index is 504. The highest BCUT2D eigenvalue weighted by molar-refractivity contribution is 7.91. The Labute approximate surface area is 119 Å². The molecule has 2 N–H and O–H groups in total. The van der Waals surface area contributed by atoms with Crippen LogP contribution in [0.25, 0.3) is 0 Å². The molecule has 6 heteroatoms. The van der Waals surface area contributed by atoms with Crippen LogP contribution in [0.15, 0.2) is 16.3 Å². The van der Waals surface area contributed by atoms with E-state index in [1.165, 1.54) is 24.2 Å². The van der Waals surface area contributed by atoms with Crippen LogP contribution in [0, 0.1) is 5.92 Å². The molecule has 0 aromatic carbocycles. The van der Waals surface area contributed by atoms with Crippen molar-refractivity contribution in [3.05, 3.63) is 17.0 Å². The minimum Gasteiger partial charge on any atom is -0.314 e. The molecule has 0 unspecified atom stereocenters. The molecule has 1 heterocycles. The summed E-state index contributed by atoms with van der Waals surface area (Å²) >= 11 is 1.37. The van der Waals surface area contributed by atoms with Gasteiger partial charge in [-0.25, -0.2) is 13.1 Å². The fourth-order valence-electron chi connectivity index (χ4n) is 1.67. The van der Waals surface area contributed by atoms with Crippen LogP contribution in [0.5, 0.6) is 0 Å². The summed E-state index contributed by atoms with van der Waals surface area (Å²) in [5.74, 6) is 0.317. The minimum absolute atomic E-state index is 0.317. The largest absolute Gasteiger partial charge is 0.314 e. The van der Waals surface area contributed by atoms with E-state index >= 15 is 0 Å². The van der Waals surface area contributed by atoms with Gasteiger partial charge in [-0.1, -0.05) is 13.8 Å². The van der Waals surface area contributed by atoms with Gasteiger partial charge in [0.25, 0.3) is 0 Å². The monoisotopic (exact) mass is 302 g/mol. The number of hydrogen-bond acceptors (Lipinski definition) is 4. The normalized spacial score (nSPS) is 16.2. The molecule has 0 radical (unpaired) electrons. The van der Waals surface area contributed by atoms with E-state index in [-0.39, 0.29) is 0 Å². The van der Waals surface area contributed by atoms with E-state index in [1.807, 2.05) is 19.9 Å². The van der Waals surface area contributed by atoms with Crippen molar-refractivity contribution < 1.29 is 8.42 Å². The smallest absolute Gasteiger partial charge is 0.250 e. The van der Waals surface area contributed by atoms with Crippen LogP contribution in [0.4, 0.5) is 0 Å². The molecular formula is C13H22N2O2S2. The predicted molar refractivity (Wildman–Crippen MR) is 79.1 cm³/mol. The number of nitrogens with one attached hydrogen (secondary N) is 2. The molecule has 0 aliphatic heterocycles. The molecule has 1 fully saturated rings. The van der Waals surface area contributed by atoms with Crippen LogP contribution >= 0.6 is 11.3 Å². The lowest BCUT2D eigenvalue weighted by Gasteiger charge is -2.06. The van der Waals surface area contributed by atoms with E-state index in [4.69, 9.17) is 0 Å². The van der Waals surface area contributed by atoms with E-state index in [1.54, 1.807) is 6.07 Å². The molecule has 4 nitrogen and oxygen atoms in total. The molecule has 2 rings (SSSR count). The Morgan fingerprint density at radius 3 is 2.74 bits per heavy atom. The second-order valence-electron chi connectivity index (χ2n) is 5.44. The van der Waals surface area contributed by atoms with Crippen LogP contribution in [-0.2, 0) is 16.4 Å². The average Bonchev–Trinajstić information content (AvgIpc) is 3.03. The predicted octanol–water partition coefficient (Wildman–Crippen LogP) is 1.98. The Morgan fingerprint density at radius 1 is 1.37 bits per heavy atom. The van der Waals surface area contributed by atoms with Crippen molar-refractivity contribution >= 4 is 21.4 Å². The molecule has 0 amide bonds. The Morgan fingerprint density at radius 2 is 2.11 bits per heavy atom. The molecular weight excluding hydrogens is 280 g/mol. The maximum atomic E-state index is 12.0. The third-order valence-corrected chi connectivity index (χ3v) is 6.03. The van der Waals surface area contributed by atoms with Gasteiger partial charge in [0.1, 0.15) is 4.21 Å². The van der Waals surface area contributed by atoms with E-state index < -0.39 is 10.0 Å². The molecule has 1 aliphatic carbocycles. The quantitative estimate of drug-likeness (QED) is 0.772. The van der Waals surface area contributed by atoms with Gasteiger partial charge in [0.15, 0.2) is 0 Å². The summed E-state index contributed by atoms with van der Waals surface area (Å²) in [6.07, 6.45) is 3.47. The maximum Gasteiger partial charge on any atom is 0.250 e. The van der Waals surface area contributed by atoms with Crippen LogP contribution in [0.3, 0.4) is 0 Å². The van der Waals surface area contributed by atoms with Gasteiger partial charge < -0.3 is 5.32 Å². The first-order valence-electron chi connectivity index (χ1n) is 6.79. The molecule has 1 saturated carbocycles.